The molecule has 98 valence electrons. The van der Waals surface area contributed by atoms with Gasteiger partial charge in [0.25, 0.3) is 0 Å². The number of aryl methyl sites for hydroxylation is 2. The predicted molar refractivity (Wildman–Crippen MR) is 71.9 cm³/mol. The second-order valence-electron chi connectivity index (χ2n) is 5.70. The van der Waals surface area contributed by atoms with Crippen molar-refractivity contribution in [2.45, 2.75) is 32.8 Å². The maximum Gasteiger partial charge on any atom is 0.177 e. The second kappa shape index (κ2) is 4.82. The van der Waals surface area contributed by atoms with Crippen LogP contribution in [0.1, 0.15) is 34.8 Å². The summed E-state index contributed by atoms with van der Waals surface area (Å²) in [6, 6.07) is 5.96. The van der Waals surface area contributed by atoms with E-state index >= 15 is 0 Å². The van der Waals surface area contributed by atoms with Crippen LogP contribution in [0.5, 0.6) is 0 Å². The van der Waals surface area contributed by atoms with Gasteiger partial charge < -0.3 is 5.11 Å². The monoisotopic (exact) mass is 247 g/mol. The van der Waals surface area contributed by atoms with E-state index in [9.17, 15) is 9.90 Å². The second-order valence-corrected chi connectivity index (χ2v) is 5.70. The first-order valence-corrected chi connectivity index (χ1v) is 6.43. The minimum atomic E-state index is -0.637. The van der Waals surface area contributed by atoms with E-state index in [0.29, 0.717) is 13.1 Å². The molecule has 1 N–H and O–H groups in total. The molecule has 3 nitrogen and oxygen atoms in total. The van der Waals surface area contributed by atoms with Crippen molar-refractivity contribution >= 4 is 5.78 Å². The van der Waals surface area contributed by atoms with Crippen LogP contribution in [0.2, 0.25) is 0 Å². The van der Waals surface area contributed by atoms with Crippen LogP contribution in [0.15, 0.2) is 18.2 Å². The molecular weight excluding hydrogens is 226 g/mol. The molecule has 1 heterocycles. The van der Waals surface area contributed by atoms with Gasteiger partial charge in [0.05, 0.1) is 12.1 Å². The molecule has 0 spiro atoms. The molecule has 1 fully saturated rings. The molecule has 1 atom stereocenters. The predicted octanol–water partition coefficient (Wildman–Crippen LogP) is 1.94. The number of benzene rings is 1. The molecule has 1 unspecified atom stereocenters. The molecule has 1 aromatic rings. The fraction of sp³-hybridized carbons (Fsp3) is 0.533. The largest absolute Gasteiger partial charge is 0.389 e. The summed E-state index contributed by atoms with van der Waals surface area (Å²) in [7, 11) is 0. The number of hydrogen-bond donors (Lipinski definition) is 1. The number of hydrogen-bond acceptors (Lipinski definition) is 3. The summed E-state index contributed by atoms with van der Waals surface area (Å²) in [6.45, 7) is 7.58. The molecular formula is C15H21NO2. The van der Waals surface area contributed by atoms with Crippen molar-refractivity contribution in [1.82, 2.24) is 4.90 Å². The Kier molecular flexibility index (Phi) is 3.55. The van der Waals surface area contributed by atoms with Crippen LogP contribution in [-0.4, -0.2) is 41.0 Å². The van der Waals surface area contributed by atoms with E-state index in [-0.39, 0.29) is 5.78 Å². The first-order chi connectivity index (χ1) is 8.37. The standard InChI is InChI=1S/C15H21NO2/c1-11-4-5-12(2)13(8-11)14(17)9-16-7-6-15(3,18)10-16/h4-5,8,18H,6-7,9-10H2,1-3H3. The number of aliphatic hydroxyl groups is 1. The fourth-order valence-corrected chi connectivity index (χ4v) is 2.50. The van der Waals surface area contributed by atoms with Crippen molar-refractivity contribution in [3.63, 3.8) is 0 Å². The Morgan fingerprint density at radius 2 is 2.17 bits per heavy atom. The van der Waals surface area contributed by atoms with Gasteiger partial charge in [0.15, 0.2) is 5.78 Å². The zero-order valence-electron chi connectivity index (χ0n) is 11.4. The van der Waals surface area contributed by atoms with Crippen molar-refractivity contribution in [2.24, 2.45) is 0 Å². The quantitative estimate of drug-likeness (QED) is 0.830. The van der Waals surface area contributed by atoms with Gasteiger partial charge >= 0.3 is 0 Å². The van der Waals surface area contributed by atoms with Crippen LogP contribution in [0.3, 0.4) is 0 Å². The van der Waals surface area contributed by atoms with Gasteiger partial charge in [-0.05, 0) is 38.8 Å². The minimum absolute atomic E-state index is 0.147. The Bertz CT molecular complexity index is 466. The van der Waals surface area contributed by atoms with Crippen molar-refractivity contribution in [1.29, 1.82) is 0 Å². The number of rotatable bonds is 3. The van der Waals surface area contributed by atoms with Gasteiger partial charge in [-0.3, -0.25) is 9.69 Å². The summed E-state index contributed by atoms with van der Waals surface area (Å²) < 4.78 is 0. The van der Waals surface area contributed by atoms with E-state index in [1.807, 2.05) is 43.9 Å². The van der Waals surface area contributed by atoms with Crippen LogP contribution in [-0.2, 0) is 0 Å². The molecule has 0 saturated carbocycles. The van der Waals surface area contributed by atoms with Gasteiger partial charge in [-0.25, -0.2) is 0 Å². The number of carbonyl (C=O) groups excluding carboxylic acids is 1. The Morgan fingerprint density at radius 3 is 2.78 bits per heavy atom. The third-order valence-corrected chi connectivity index (χ3v) is 3.59. The number of carbonyl (C=O) groups is 1. The first kappa shape index (κ1) is 13.2. The molecule has 1 saturated heterocycles. The highest BCUT2D eigenvalue weighted by Crippen LogP contribution is 2.21. The Morgan fingerprint density at radius 1 is 1.44 bits per heavy atom. The lowest BCUT2D eigenvalue weighted by molar-refractivity contribution is 0.0669. The zero-order chi connectivity index (χ0) is 13.3. The molecule has 0 aromatic heterocycles. The molecule has 0 radical (unpaired) electrons. The van der Waals surface area contributed by atoms with Gasteiger partial charge in [-0.15, -0.1) is 0 Å². The van der Waals surface area contributed by atoms with Crippen LogP contribution in [0, 0.1) is 13.8 Å². The molecule has 3 heteroatoms. The number of Topliss-reactive ketones (excluding diaryl/α,β-unsaturated/α-hetero) is 1. The van der Waals surface area contributed by atoms with Crippen molar-refractivity contribution in [3.8, 4) is 0 Å². The van der Waals surface area contributed by atoms with Gasteiger partial charge in [0, 0.05) is 18.7 Å². The number of ketones is 1. The molecule has 1 aliphatic heterocycles. The van der Waals surface area contributed by atoms with Crippen LogP contribution >= 0.6 is 0 Å². The topological polar surface area (TPSA) is 40.5 Å². The lowest BCUT2D eigenvalue weighted by atomic mass is 10.0. The summed E-state index contributed by atoms with van der Waals surface area (Å²) >= 11 is 0. The maximum absolute atomic E-state index is 12.3. The molecule has 1 aromatic carbocycles. The van der Waals surface area contributed by atoms with Crippen LogP contribution < -0.4 is 0 Å². The minimum Gasteiger partial charge on any atom is -0.389 e. The van der Waals surface area contributed by atoms with Gasteiger partial charge in [-0.1, -0.05) is 17.7 Å². The summed E-state index contributed by atoms with van der Waals surface area (Å²) in [4.78, 5) is 14.3. The van der Waals surface area contributed by atoms with Crippen molar-refractivity contribution in [2.75, 3.05) is 19.6 Å². The third kappa shape index (κ3) is 2.98. The first-order valence-electron chi connectivity index (χ1n) is 6.43. The molecule has 1 aliphatic rings. The lowest BCUT2D eigenvalue weighted by Gasteiger charge is -2.18. The average molecular weight is 247 g/mol. The van der Waals surface area contributed by atoms with Crippen LogP contribution in [0.4, 0.5) is 0 Å². The highest BCUT2D eigenvalue weighted by Gasteiger charge is 2.32. The van der Waals surface area contributed by atoms with E-state index < -0.39 is 5.60 Å². The van der Waals surface area contributed by atoms with Crippen molar-refractivity contribution < 1.29 is 9.90 Å². The molecule has 0 bridgehead atoms. The summed E-state index contributed by atoms with van der Waals surface area (Å²) in [6.07, 6.45) is 0.743. The van der Waals surface area contributed by atoms with E-state index in [0.717, 1.165) is 29.7 Å². The SMILES string of the molecule is Cc1ccc(C)c(C(=O)CN2CCC(C)(O)C2)c1. The summed E-state index contributed by atoms with van der Waals surface area (Å²) in [5.74, 6) is 0.147. The average Bonchev–Trinajstić information content (AvgIpc) is 2.61. The van der Waals surface area contributed by atoms with Gasteiger partial charge in [0.1, 0.15) is 0 Å². The van der Waals surface area contributed by atoms with E-state index in [4.69, 9.17) is 0 Å². The van der Waals surface area contributed by atoms with Crippen LogP contribution in [0.25, 0.3) is 0 Å². The van der Waals surface area contributed by atoms with Gasteiger partial charge in [0.2, 0.25) is 0 Å². The van der Waals surface area contributed by atoms with E-state index in [2.05, 4.69) is 0 Å². The Balaban J connectivity index is 2.06. The normalized spacial score (nSPS) is 24.4. The highest BCUT2D eigenvalue weighted by molar-refractivity contribution is 5.99. The molecule has 18 heavy (non-hydrogen) atoms. The number of likely N-dealkylation sites (tertiary alicyclic amines) is 1. The van der Waals surface area contributed by atoms with E-state index in [1.54, 1.807) is 0 Å². The summed E-state index contributed by atoms with van der Waals surface area (Å²) in [5.41, 5.74) is 2.30. The smallest absolute Gasteiger partial charge is 0.177 e. The lowest BCUT2D eigenvalue weighted by Crippen LogP contribution is -2.33. The summed E-state index contributed by atoms with van der Waals surface area (Å²) in [5, 5.41) is 9.89. The fourth-order valence-electron chi connectivity index (χ4n) is 2.50. The highest BCUT2D eigenvalue weighted by atomic mass is 16.3. The molecule has 0 aliphatic carbocycles. The Labute approximate surface area is 108 Å². The zero-order valence-corrected chi connectivity index (χ0v) is 11.4. The number of nitrogens with zero attached hydrogens (tertiary/aromatic N) is 1. The van der Waals surface area contributed by atoms with Crippen molar-refractivity contribution in [3.05, 3.63) is 34.9 Å². The Hall–Kier alpha value is -1.19. The van der Waals surface area contributed by atoms with E-state index in [1.165, 1.54) is 0 Å². The van der Waals surface area contributed by atoms with Gasteiger partial charge in [-0.2, -0.15) is 0 Å². The third-order valence-electron chi connectivity index (χ3n) is 3.59. The number of β-amino-alcohol motifs (C(OH)–C–C–N with tert-alkyl or cyclic N) is 1. The maximum atomic E-state index is 12.3. The molecule has 2 rings (SSSR count). The molecule has 0 amide bonds.